The maximum atomic E-state index is 8.94. The zero-order valence-corrected chi connectivity index (χ0v) is 10.3. The summed E-state index contributed by atoms with van der Waals surface area (Å²) in [5.74, 6) is 0.527. The van der Waals surface area contributed by atoms with Gasteiger partial charge in [0.05, 0.1) is 5.56 Å². The molecular weight excluding hydrogens is 248 g/mol. The zero-order valence-electron chi connectivity index (χ0n) is 9.56. The van der Waals surface area contributed by atoms with Gasteiger partial charge in [-0.25, -0.2) is 0 Å². The molecule has 2 rings (SSSR count). The van der Waals surface area contributed by atoms with Crippen LogP contribution in [0.3, 0.4) is 0 Å². The van der Waals surface area contributed by atoms with Crippen LogP contribution in [0.25, 0.3) is 0 Å². The molecule has 0 unspecified atom stereocenters. The van der Waals surface area contributed by atoms with Gasteiger partial charge in [-0.15, -0.1) is 0 Å². The van der Waals surface area contributed by atoms with Crippen LogP contribution in [0.4, 0.5) is 5.69 Å². The van der Waals surface area contributed by atoms with Gasteiger partial charge in [0, 0.05) is 16.3 Å². The summed E-state index contributed by atoms with van der Waals surface area (Å²) in [6.07, 6.45) is 0. The lowest BCUT2D eigenvalue weighted by Gasteiger charge is -2.10. The van der Waals surface area contributed by atoms with Crippen molar-refractivity contribution in [3.05, 3.63) is 58.6 Å². The molecule has 2 N–H and O–H groups in total. The lowest BCUT2D eigenvalue weighted by molar-refractivity contribution is 0.306. The van der Waals surface area contributed by atoms with Crippen LogP contribution in [-0.4, -0.2) is 0 Å². The smallest absolute Gasteiger partial charge is 0.137 e. The molecule has 0 aliphatic carbocycles. The molecule has 0 fully saturated rings. The van der Waals surface area contributed by atoms with Gasteiger partial charge < -0.3 is 10.5 Å². The number of nitrogen functional groups attached to an aromatic ring is 1. The number of nitrogens with two attached hydrogens (primary N) is 1. The molecule has 0 saturated heterocycles. The van der Waals surface area contributed by atoms with Crippen molar-refractivity contribution in [1.82, 2.24) is 0 Å². The highest BCUT2D eigenvalue weighted by Crippen LogP contribution is 2.25. The average Bonchev–Trinajstić information content (AvgIpc) is 2.38. The summed E-state index contributed by atoms with van der Waals surface area (Å²) in [6, 6.07) is 14.4. The number of rotatable bonds is 3. The molecule has 0 aliphatic rings. The van der Waals surface area contributed by atoms with E-state index in [-0.39, 0.29) is 6.61 Å². The van der Waals surface area contributed by atoms with Crippen molar-refractivity contribution in [2.45, 2.75) is 6.61 Å². The van der Waals surface area contributed by atoms with Gasteiger partial charge in [0.1, 0.15) is 18.4 Å². The first-order valence-corrected chi connectivity index (χ1v) is 5.75. The summed E-state index contributed by atoms with van der Waals surface area (Å²) in [4.78, 5) is 0. The Balaban J connectivity index is 2.20. The molecular formula is C14H11ClN2O. The molecule has 0 aromatic heterocycles. The molecule has 0 saturated carbocycles. The van der Waals surface area contributed by atoms with Crippen LogP contribution in [0, 0.1) is 11.3 Å². The van der Waals surface area contributed by atoms with Gasteiger partial charge >= 0.3 is 0 Å². The Labute approximate surface area is 110 Å². The molecule has 90 valence electrons. The number of nitrogens with zero attached hydrogens (tertiary/aromatic N) is 1. The van der Waals surface area contributed by atoms with E-state index in [4.69, 9.17) is 27.3 Å². The standard InChI is InChI=1S/C14H11ClN2O/c15-12-5-3-6-13(17)11(12)9-18-14-7-2-1-4-10(14)8-16/h1-7H,9,17H2. The molecule has 0 radical (unpaired) electrons. The topological polar surface area (TPSA) is 59.0 Å². The Kier molecular flexibility index (Phi) is 3.71. The van der Waals surface area contributed by atoms with E-state index in [1.807, 2.05) is 6.07 Å². The van der Waals surface area contributed by atoms with Crippen molar-refractivity contribution in [2.75, 3.05) is 5.73 Å². The molecule has 4 heteroatoms. The quantitative estimate of drug-likeness (QED) is 0.859. The Bertz CT molecular complexity index is 585. The van der Waals surface area contributed by atoms with E-state index >= 15 is 0 Å². The van der Waals surface area contributed by atoms with Gasteiger partial charge in [-0.1, -0.05) is 29.8 Å². The van der Waals surface area contributed by atoms with Gasteiger partial charge in [-0.3, -0.25) is 0 Å². The van der Waals surface area contributed by atoms with Crippen molar-refractivity contribution in [1.29, 1.82) is 5.26 Å². The van der Waals surface area contributed by atoms with E-state index in [2.05, 4.69) is 6.07 Å². The van der Waals surface area contributed by atoms with E-state index in [9.17, 15) is 0 Å². The summed E-state index contributed by atoms with van der Waals surface area (Å²) in [6.45, 7) is 0.240. The first kappa shape index (κ1) is 12.3. The number of benzene rings is 2. The molecule has 0 aliphatic heterocycles. The predicted octanol–water partition coefficient (Wildman–Crippen LogP) is 3.37. The summed E-state index contributed by atoms with van der Waals surface area (Å²) in [5.41, 5.74) is 7.62. The maximum absolute atomic E-state index is 8.94. The second-order valence-electron chi connectivity index (χ2n) is 3.70. The molecule has 0 amide bonds. The molecule has 0 bridgehead atoms. The van der Waals surface area contributed by atoms with Crippen LogP contribution >= 0.6 is 11.6 Å². The largest absolute Gasteiger partial charge is 0.487 e. The minimum absolute atomic E-state index is 0.240. The lowest BCUT2D eigenvalue weighted by Crippen LogP contribution is -2.02. The second-order valence-corrected chi connectivity index (χ2v) is 4.11. The van der Waals surface area contributed by atoms with Gasteiger partial charge in [-0.05, 0) is 24.3 Å². The Morgan fingerprint density at radius 1 is 1.17 bits per heavy atom. The number of halogens is 1. The van der Waals surface area contributed by atoms with E-state index in [1.54, 1.807) is 36.4 Å². The number of para-hydroxylation sites is 1. The molecule has 3 nitrogen and oxygen atoms in total. The van der Waals surface area contributed by atoms with Crippen molar-refractivity contribution in [3.63, 3.8) is 0 Å². The lowest BCUT2D eigenvalue weighted by atomic mass is 10.2. The zero-order chi connectivity index (χ0) is 13.0. The van der Waals surface area contributed by atoms with Gasteiger partial charge in [0.2, 0.25) is 0 Å². The summed E-state index contributed by atoms with van der Waals surface area (Å²) in [7, 11) is 0. The van der Waals surface area contributed by atoms with Crippen LogP contribution in [0.2, 0.25) is 5.02 Å². The monoisotopic (exact) mass is 258 g/mol. The van der Waals surface area contributed by atoms with Crippen molar-refractivity contribution >= 4 is 17.3 Å². The Morgan fingerprint density at radius 2 is 1.94 bits per heavy atom. The number of hydrogen-bond acceptors (Lipinski definition) is 3. The second kappa shape index (κ2) is 5.44. The fraction of sp³-hybridized carbons (Fsp3) is 0.0714. The number of hydrogen-bond donors (Lipinski definition) is 1. The minimum atomic E-state index is 0.240. The normalized spacial score (nSPS) is 9.78. The van der Waals surface area contributed by atoms with Crippen LogP contribution < -0.4 is 10.5 Å². The molecule has 0 spiro atoms. The average molecular weight is 259 g/mol. The van der Waals surface area contributed by atoms with Crippen LogP contribution in [0.15, 0.2) is 42.5 Å². The van der Waals surface area contributed by atoms with E-state index < -0.39 is 0 Å². The Hall–Kier alpha value is -2.18. The fourth-order valence-electron chi connectivity index (χ4n) is 1.56. The van der Waals surface area contributed by atoms with Crippen LogP contribution in [0.5, 0.6) is 5.75 Å². The molecule has 2 aromatic rings. The summed E-state index contributed by atoms with van der Waals surface area (Å²) in [5, 5.41) is 9.50. The molecule has 0 heterocycles. The third-order valence-corrected chi connectivity index (χ3v) is 2.89. The number of nitriles is 1. The molecule has 2 aromatic carbocycles. The number of anilines is 1. The van der Waals surface area contributed by atoms with Gasteiger partial charge in [0.25, 0.3) is 0 Å². The fourth-order valence-corrected chi connectivity index (χ4v) is 1.80. The van der Waals surface area contributed by atoms with E-state index in [0.29, 0.717) is 22.0 Å². The van der Waals surface area contributed by atoms with E-state index in [1.165, 1.54) is 0 Å². The SMILES string of the molecule is N#Cc1ccccc1OCc1c(N)cccc1Cl. The highest BCUT2D eigenvalue weighted by Gasteiger charge is 2.07. The van der Waals surface area contributed by atoms with Crippen LogP contribution in [0.1, 0.15) is 11.1 Å². The van der Waals surface area contributed by atoms with Gasteiger partial charge in [0.15, 0.2) is 0 Å². The van der Waals surface area contributed by atoms with Crippen molar-refractivity contribution < 1.29 is 4.74 Å². The molecule has 18 heavy (non-hydrogen) atoms. The summed E-state index contributed by atoms with van der Waals surface area (Å²) >= 11 is 6.04. The molecule has 0 atom stereocenters. The first-order valence-electron chi connectivity index (χ1n) is 5.37. The summed E-state index contributed by atoms with van der Waals surface area (Å²) < 4.78 is 5.59. The Morgan fingerprint density at radius 3 is 2.67 bits per heavy atom. The van der Waals surface area contributed by atoms with Crippen molar-refractivity contribution in [3.8, 4) is 11.8 Å². The first-order chi connectivity index (χ1) is 8.72. The van der Waals surface area contributed by atoms with Gasteiger partial charge in [-0.2, -0.15) is 5.26 Å². The third kappa shape index (κ3) is 2.55. The highest BCUT2D eigenvalue weighted by atomic mass is 35.5. The van der Waals surface area contributed by atoms with Crippen LogP contribution in [-0.2, 0) is 6.61 Å². The maximum Gasteiger partial charge on any atom is 0.137 e. The highest BCUT2D eigenvalue weighted by molar-refractivity contribution is 6.31. The minimum Gasteiger partial charge on any atom is -0.487 e. The number of ether oxygens (including phenoxy) is 1. The third-order valence-electron chi connectivity index (χ3n) is 2.53. The predicted molar refractivity (Wildman–Crippen MR) is 71.4 cm³/mol. The van der Waals surface area contributed by atoms with Crippen molar-refractivity contribution in [2.24, 2.45) is 0 Å². The van der Waals surface area contributed by atoms with E-state index in [0.717, 1.165) is 5.56 Å².